The van der Waals surface area contributed by atoms with Crippen molar-refractivity contribution in [1.29, 1.82) is 0 Å². The maximum absolute atomic E-state index is 13.1. The summed E-state index contributed by atoms with van der Waals surface area (Å²) >= 11 is 0. The van der Waals surface area contributed by atoms with E-state index in [1.807, 2.05) is 0 Å². The van der Waals surface area contributed by atoms with E-state index in [4.69, 9.17) is 37.0 Å². The SMILES string of the molecule is CCC(C)CCCCCCCCC(=O)OC[C@H](COP(=O)(O)OC[C@H](O)COP(=O)(O)OC[C@@H](COC(=O)CCCCCCCCCCCC(C)C)OC(=O)CCCCCCCCCCCCCCCCCCCCC(C)C)OC(=O)CCCCCCCCCCCC(C)C. The quantitative estimate of drug-likeness (QED) is 0.0222. The highest BCUT2D eigenvalue weighted by atomic mass is 31.2. The molecule has 0 saturated heterocycles. The van der Waals surface area contributed by atoms with Crippen molar-refractivity contribution in [2.75, 3.05) is 39.6 Å². The van der Waals surface area contributed by atoms with Gasteiger partial charge < -0.3 is 33.8 Å². The van der Waals surface area contributed by atoms with Gasteiger partial charge in [-0.25, -0.2) is 9.13 Å². The molecule has 17 nitrogen and oxygen atoms in total. The molecule has 3 unspecified atom stereocenters. The lowest BCUT2D eigenvalue weighted by atomic mass is 10.00. The van der Waals surface area contributed by atoms with Crippen molar-refractivity contribution in [3.05, 3.63) is 0 Å². The number of hydrogen-bond acceptors (Lipinski definition) is 15. The van der Waals surface area contributed by atoms with E-state index in [-0.39, 0.29) is 25.7 Å². The Balaban J connectivity index is 5.20. The van der Waals surface area contributed by atoms with Crippen LogP contribution in [0, 0.1) is 23.7 Å². The lowest BCUT2D eigenvalue weighted by Crippen LogP contribution is -2.30. The third-order valence-electron chi connectivity index (χ3n) is 17.9. The first-order valence-corrected chi connectivity index (χ1v) is 42.2. The van der Waals surface area contributed by atoms with Crippen molar-refractivity contribution in [2.45, 2.75) is 401 Å². The smallest absolute Gasteiger partial charge is 0.462 e. The number of unbranched alkanes of at least 4 members (excludes halogenated alkanes) is 38. The molecule has 0 aromatic carbocycles. The fourth-order valence-electron chi connectivity index (χ4n) is 11.5. The summed E-state index contributed by atoms with van der Waals surface area (Å²) in [4.78, 5) is 72.8. The van der Waals surface area contributed by atoms with Crippen LogP contribution >= 0.6 is 15.6 Å². The number of carbonyl (C=O) groups is 4. The van der Waals surface area contributed by atoms with Crippen molar-refractivity contribution in [2.24, 2.45) is 23.7 Å². The van der Waals surface area contributed by atoms with Crippen molar-refractivity contribution < 1.29 is 80.2 Å². The molecule has 0 radical (unpaired) electrons. The second kappa shape index (κ2) is 65.4. The molecule has 564 valence electrons. The Morgan fingerprint density at radius 3 is 0.747 bits per heavy atom. The maximum atomic E-state index is 13.1. The molecule has 0 bridgehead atoms. The zero-order valence-corrected chi connectivity index (χ0v) is 64.1. The highest BCUT2D eigenvalue weighted by Gasteiger charge is 2.30. The number of ether oxygens (including phenoxy) is 4. The van der Waals surface area contributed by atoms with Crippen molar-refractivity contribution >= 4 is 39.5 Å². The molecule has 0 aliphatic heterocycles. The molecule has 0 aliphatic rings. The highest BCUT2D eigenvalue weighted by molar-refractivity contribution is 7.47. The van der Waals surface area contributed by atoms with Gasteiger partial charge >= 0.3 is 39.5 Å². The fraction of sp³-hybridized carbons (Fsp3) is 0.947. The van der Waals surface area contributed by atoms with E-state index in [0.29, 0.717) is 25.7 Å². The molecule has 0 amide bonds. The van der Waals surface area contributed by atoms with Crippen LogP contribution in [0.25, 0.3) is 0 Å². The normalized spacial score (nSPS) is 14.4. The minimum atomic E-state index is -4.96. The van der Waals surface area contributed by atoms with Crippen LogP contribution in [0.3, 0.4) is 0 Å². The van der Waals surface area contributed by atoms with Gasteiger partial charge in [0.15, 0.2) is 12.2 Å². The second-order valence-electron chi connectivity index (χ2n) is 29.1. The van der Waals surface area contributed by atoms with Gasteiger partial charge in [-0.15, -0.1) is 0 Å². The number of phosphoric ester groups is 2. The predicted octanol–water partition coefficient (Wildman–Crippen LogP) is 22.0. The van der Waals surface area contributed by atoms with Gasteiger partial charge in [0.05, 0.1) is 26.4 Å². The number of phosphoric acid groups is 2. The third kappa shape index (κ3) is 69.0. The average molecular weight is 1400 g/mol. The summed E-state index contributed by atoms with van der Waals surface area (Å²) in [6, 6.07) is 0. The molecule has 0 heterocycles. The molecule has 3 N–H and O–H groups in total. The van der Waals surface area contributed by atoms with E-state index in [1.165, 1.54) is 180 Å². The molecule has 0 aromatic heterocycles. The number of rotatable bonds is 73. The van der Waals surface area contributed by atoms with Crippen LogP contribution in [0.5, 0.6) is 0 Å². The Labute approximate surface area is 581 Å². The lowest BCUT2D eigenvalue weighted by Gasteiger charge is -2.21. The van der Waals surface area contributed by atoms with Crippen LogP contribution in [0.15, 0.2) is 0 Å². The fourth-order valence-corrected chi connectivity index (χ4v) is 13.1. The van der Waals surface area contributed by atoms with E-state index in [2.05, 4.69) is 55.4 Å². The largest absolute Gasteiger partial charge is 0.472 e. The van der Waals surface area contributed by atoms with Crippen LogP contribution < -0.4 is 0 Å². The molecule has 95 heavy (non-hydrogen) atoms. The lowest BCUT2D eigenvalue weighted by molar-refractivity contribution is -0.161. The van der Waals surface area contributed by atoms with Crippen molar-refractivity contribution in [3.8, 4) is 0 Å². The first-order chi connectivity index (χ1) is 45.6. The van der Waals surface area contributed by atoms with Gasteiger partial charge in [0.25, 0.3) is 0 Å². The summed E-state index contributed by atoms with van der Waals surface area (Å²) in [6.07, 6.45) is 50.1. The second-order valence-corrected chi connectivity index (χ2v) is 32.0. The molecule has 19 heteroatoms. The molecule has 0 fully saturated rings. The summed E-state index contributed by atoms with van der Waals surface area (Å²) in [5.41, 5.74) is 0. The van der Waals surface area contributed by atoms with Crippen LogP contribution in [0.2, 0.25) is 0 Å². The molecule has 0 saturated carbocycles. The Morgan fingerprint density at radius 2 is 0.505 bits per heavy atom. The zero-order chi connectivity index (χ0) is 70.3. The van der Waals surface area contributed by atoms with E-state index < -0.39 is 97.5 Å². The molecule has 0 rings (SSSR count). The Morgan fingerprint density at radius 1 is 0.295 bits per heavy atom. The van der Waals surface area contributed by atoms with Crippen LogP contribution in [0.1, 0.15) is 383 Å². The highest BCUT2D eigenvalue weighted by Crippen LogP contribution is 2.45. The van der Waals surface area contributed by atoms with Gasteiger partial charge in [0, 0.05) is 25.7 Å². The maximum Gasteiger partial charge on any atom is 0.472 e. The molecule has 6 atom stereocenters. The Bertz CT molecular complexity index is 1870. The number of aliphatic hydroxyl groups excluding tert-OH is 1. The van der Waals surface area contributed by atoms with Gasteiger partial charge in [-0.3, -0.25) is 37.3 Å². The third-order valence-corrected chi connectivity index (χ3v) is 19.8. The minimum absolute atomic E-state index is 0.104. The Hall–Kier alpha value is -1.94. The summed E-state index contributed by atoms with van der Waals surface area (Å²) < 4.78 is 68.5. The summed E-state index contributed by atoms with van der Waals surface area (Å²) in [7, 11) is -9.91. The zero-order valence-electron chi connectivity index (χ0n) is 62.3. The van der Waals surface area contributed by atoms with E-state index in [9.17, 15) is 43.2 Å². The Kier molecular flexibility index (Phi) is 64.0. The topological polar surface area (TPSA) is 237 Å². The number of hydrogen-bond donors (Lipinski definition) is 3. The molecule has 0 aliphatic carbocycles. The summed E-state index contributed by atoms with van der Waals surface area (Å²) in [5.74, 6) is 0.908. The standard InChI is InChI=1S/C76H148O17P2/c1-9-69(8)55-47-39-34-35-41-49-57-74(79)87-63-72(93-76(81)59-51-43-33-27-21-24-30-38-46-54-68(6)7)65-91-95(84,85)89-61-70(77)60-88-94(82,83)90-64-71(62-86-73(78)56-48-40-31-26-20-23-29-37-45-53-67(4)5)92-75(80)58-50-42-32-25-19-17-15-13-11-10-12-14-16-18-22-28-36-44-52-66(2)3/h66-72,77H,9-65H2,1-8H3,(H,82,83)(H,84,85)/t69?,70-,71-,72-/m1/s1. The molecule has 0 spiro atoms. The number of aliphatic hydroxyl groups is 1. The first kappa shape index (κ1) is 93.1. The van der Waals surface area contributed by atoms with Gasteiger partial charge in [-0.1, -0.05) is 331 Å². The van der Waals surface area contributed by atoms with Crippen LogP contribution in [-0.4, -0.2) is 96.7 Å². The summed E-state index contributed by atoms with van der Waals surface area (Å²) in [5, 5.41) is 10.6. The van der Waals surface area contributed by atoms with Gasteiger partial charge in [-0.2, -0.15) is 0 Å². The van der Waals surface area contributed by atoms with E-state index >= 15 is 0 Å². The first-order valence-electron chi connectivity index (χ1n) is 39.2. The minimum Gasteiger partial charge on any atom is -0.462 e. The van der Waals surface area contributed by atoms with Crippen LogP contribution in [-0.2, 0) is 65.4 Å². The number of esters is 4. The van der Waals surface area contributed by atoms with Crippen LogP contribution in [0.4, 0.5) is 0 Å². The average Bonchev–Trinajstić information content (AvgIpc) is 1.43. The van der Waals surface area contributed by atoms with Gasteiger partial charge in [0.1, 0.15) is 19.3 Å². The van der Waals surface area contributed by atoms with Crippen molar-refractivity contribution in [1.82, 2.24) is 0 Å². The molecule has 0 aromatic rings. The van der Waals surface area contributed by atoms with Gasteiger partial charge in [0.2, 0.25) is 0 Å². The van der Waals surface area contributed by atoms with Gasteiger partial charge in [-0.05, 0) is 49.4 Å². The molecular formula is C76H148O17P2. The number of carbonyl (C=O) groups excluding carboxylic acids is 4. The monoisotopic (exact) mass is 1400 g/mol. The van der Waals surface area contributed by atoms with E-state index in [1.54, 1.807) is 0 Å². The predicted molar refractivity (Wildman–Crippen MR) is 386 cm³/mol. The van der Waals surface area contributed by atoms with E-state index in [0.717, 1.165) is 120 Å². The van der Waals surface area contributed by atoms with Crippen molar-refractivity contribution in [3.63, 3.8) is 0 Å². The summed E-state index contributed by atoms with van der Waals surface area (Å²) in [6.45, 7) is 14.1. The molecular weight excluding hydrogens is 1250 g/mol.